The lowest BCUT2D eigenvalue weighted by molar-refractivity contribution is 0.179. The van der Waals surface area contributed by atoms with E-state index in [2.05, 4.69) is 34.5 Å². The Hall–Kier alpha value is -1.66. The predicted molar refractivity (Wildman–Crippen MR) is 121 cm³/mol. The molecule has 1 aromatic heterocycles. The Morgan fingerprint density at radius 2 is 1.86 bits per heavy atom. The number of fused-ring (bicyclic) bond motifs is 1. The van der Waals surface area contributed by atoms with E-state index in [4.69, 9.17) is 4.37 Å². The lowest BCUT2D eigenvalue weighted by Gasteiger charge is -2.34. The van der Waals surface area contributed by atoms with Gasteiger partial charge in [-0.2, -0.15) is 4.37 Å². The highest BCUT2D eigenvalue weighted by Gasteiger charge is 2.26. The van der Waals surface area contributed by atoms with Crippen molar-refractivity contribution in [1.82, 2.24) is 19.5 Å². The molecule has 158 valence electrons. The number of rotatable bonds is 5. The van der Waals surface area contributed by atoms with Gasteiger partial charge in [0.15, 0.2) is 0 Å². The number of carbonyl (C=O) groups is 1. The Morgan fingerprint density at radius 3 is 2.59 bits per heavy atom. The zero-order valence-corrected chi connectivity index (χ0v) is 18.6. The van der Waals surface area contributed by atoms with Gasteiger partial charge in [0.05, 0.1) is 10.4 Å². The van der Waals surface area contributed by atoms with E-state index >= 15 is 0 Å². The van der Waals surface area contributed by atoms with Crippen LogP contribution in [-0.4, -0.2) is 60.0 Å². The number of likely N-dealkylation sites (tertiary alicyclic amines) is 1. The minimum Gasteiger partial charge on any atom is -0.335 e. The highest BCUT2D eigenvalue weighted by atomic mass is 32.1. The molecule has 6 heteroatoms. The summed E-state index contributed by atoms with van der Waals surface area (Å²) in [6, 6.07) is 9.07. The summed E-state index contributed by atoms with van der Waals surface area (Å²) >= 11 is 1.65. The molecular weight excluding hydrogens is 380 g/mol. The van der Waals surface area contributed by atoms with Crippen LogP contribution in [0.4, 0.5) is 4.79 Å². The minimum atomic E-state index is 0.0456. The van der Waals surface area contributed by atoms with Gasteiger partial charge < -0.3 is 15.1 Å². The molecule has 0 atom stereocenters. The van der Waals surface area contributed by atoms with Gasteiger partial charge in [0.2, 0.25) is 0 Å². The molecule has 1 aliphatic carbocycles. The number of nitrogens with zero attached hydrogens (tertiary/aromatic N) is 3. The van der Waals surface area contributed by atoms with Gasteiger partial charge in [0.25, 0.3) is 0 Å². The molecule has 0 unspecified atom stereocenters. The maximum atomic E-state index is 11.8. The van der Waals surface area contributed by atoms with E-state index in [1.165, 1.54) is 67.5 Å². The van der Waals surface area contributed by atoms with Crippen molar-refractivity contribution in [2.24, 2.45) is 5.92 Å². The maximum Gasteiger partial charge on any atom is 0.317 e. The van der Waals surface area contributed by atoms with Gasteiger partial charge in [-0.15, -0.1) is 0 Å². The van der Waals surface area contributed by atoms with Crippen LogP contribution in [0.1, 0.15) is 56.6 Å². The van der Waals surface area contributed by atoms with Gasteiger partial charge in [0, 0.05) is 31.4 Å². The molecule has 5 nitrogen and oxygen atoms in total. The summed E-state index contributed by atoms with van der Waals surface area (Å²) in [5.41, 5.74) is 1.34. The van der Waals surface area contributed by atoms with Crippen molar-refractivity contribution in [3.05, 3.63) is 30.0 Å². The molecule has 0 bridgehead atoms. The van der Waals surface area contributed by atoms with Crippen molar-refractivity contribution in [1.29, 1.82) is 0 Å². The fraction of sp³-hybridized carbons (Fsp3) is 0.652. The summed E-state index contributed by atoms with van der Waals surface area (Å²) < 4.78 is 6.11. The van der Waals surface area contributed by atoms with Crippen molar-refractivity contribution in [3.8, 4) is 0 Å². The van der Waals surface area contributed by atoms with Gasteiger partial charge in [-0.05, 0) is 88.1 Å². The molecule has 1 saturated carbocycles. The van der Waals surface area contributed by atoms with Crippen LogP contribution in [0, 0.1) is 5.92 Å². The summed E-state index contributed by atoms with van der Waals surface area (Å²) in [6.07, 6.45) is 8.53. The first-order chi connectivity index (χ1) is 14.1. The zero-order valence-electron chi connectivity index (χ0n) is 17.8. The van der Waals surface area contributed by atoms with Gasteiger partial charge in [0.1, 0.15) is 0 Å². The average Bonchev–Trinajstić information content (AvgIpc) is 3.18. The van der Waals surface area contributed by atoms with Crippen LogP contribution in [-0.2, 0) is 0 Å². The molecule has 0 radical (unpaired) electrons. The summed E-state index contributed by atoms with van der Waals surface area (Å²) in [5, 5.41) is 4.52. The van der Waals surface area contributed by atoms with Gasteiger partial charge in [-0.3, -0.25) is 0 Å². The van der Waals surface area contributed by atoms with Crippen LogP contribution in [0.15, 0.2) is 24.3 Å². The second-order valence-corrected chi connectivity index (χ2v) is 9.84. The van der Waals surface area contributed by atoms with Crippen LogP contribution >= 0.6 is 11.5 Å². The standard InChI is InChI=1S/C23H34N4OS/c1-26(2)23(28)24-19-9-7-17(8-10-19)11-14-27-15-12-18(13-16-27)22-20-5-3-4-6-21(20)29-25-22/h3-6,17-19H,7-16H2,1-2H3,(H,24,28)/t17-,19-. The van der Waals surface area contributed by atoms with Crippen molar-refractivity contribution in [2.45, 2.75) is 56.9 Å². The Labute approximate surface area is 178 Å². The lowest BCUT2D eigenvalue weighted by Crippen LogP contribution is -2.43. The third-order valence-electron chi connectivity index (χ3n) is 6.81. The number of nitrogens with one attached hydrogen (secondary N) is 1. The van der Waals surface area contributed by atoms with E-state index in [1.54, 1.807) is 30.5 Å². The lowest BCUT2D eigenvalue weighted by atomic mass is 9.83. The molecule has 1 saturated heterocycles. The largest absolute Gasteiger partial charge is 0.335 e. The Balaban J connectivity index is 1.18. The highest BCUT2D eigenvalue weighted by molar-refractivity contribution is 7.13. The molecule has 2 heterocycles. The molecule has 0 spiro atoms. The summed E-state index contributed by atoms with van der Waals surface area (Å²) in [5.74, 6) is 1.45. The van der Waals surface area contributed by atoms with E-state index in [1.807, 2.05) is 0 Å². The SMILES string of the molecule is CN(C)C(=O)N[C@H]1CC[C@H](CCN2CCC(c3nsc4ccccc34)CC2)CC1. The van der Waals surface area contributed by atoms with Crippen LogP contribution in [0.3, 0.4) is 0 Å². The smallest absolute Gasteiger partial charge is 0.317 e. The summed E-state index contributed by atoms with van der Waals surface area (Å²) in [4.78, 5) is 16.1. The minimum absolute atomic E-state index is 0.0456. The van der Waals surface area contributed by atoms with Crippen LogP contribution in [0.5, 0.6) is 0 Å². The van der Waals surface area contributed by atoms with Crippen LogP contribution < -0.4 is 5.32 Å². The predicted octanol–water partition coefficient (Wildman–Crippen LogP) is 4.70. The number of hydrogen-bond acceptors (Lipinski definition) is 4. The molecule has 2 aliphatic rings. The Bertz CT molecular complexity index is 804. The molecule has 2 aromatic rings. The van der Waals surface area contributed by atoms with Crippen molar-refractivity contribution < 1.29 is 4.79 Å². The maximum absolute atomic E-state index is 11.8. The van der Waals surface area contributed by atoms with E-state index < -0.39 is 0 Å². The number of urea groups is 1. The Kier molecular flexibility index (Phi) is 6.70. The van der Waals surface area contributed by atoms with Crippen LogP contribution in [0.2, 0.25) is 0 Å². The van der Waals surface area contributed by atoms with E-state index in [9.17, 15) is 4.79 Å². The molecule has 29 heavy (non-hydrogen) atoms. The monoisotopic (exact) mass is 414 g/mol. The first kappa shape index (κ1) is 20.6. The average molecular weight is 415 g/mol. The quantitative estimate of drug-likeness (QED) is 0.772. The third kappa shape index (κ3) is 5.10. The van der Waals surface area contributed by atoms with Gasteiger partial charge >= 0.3 is 6.03 Å². The fourth-order valence-corrected chi connectivity index (χ4v) is 5.75. The van der Waals surface area contributed by atoms with Crippen LogP contribution in [0.25, 0.3) is 10.1 Å². The summed E-state index contributed by atoms with van der Waals surface area (Å²) in [6.45, 7) is 3.62. The number of piperidine rings is 1. The number of hydrogen-bond donors (Lipinski definition) is 1. The third-order valence-corrected chi connectivity index (χ3v) is 7.65. The van der Waals surface area contributed by atoms with Gasteiger partial charge in [-0.1, -0.05) is 18.2 Å². The first-order valence-corrected chi connectivity index (χ1v) is 11.9. The number of amides is 2. The number of benzene rings is 1. The highest BCUT2D eigenvalue weighted by Crippen LogP contribution is 2.34. The number of aromatic nitrogens is 1. The van der Waals surface area contributed by atoms with Crippen molar-refractivity contribution in [3.63, 3.8) is 0 Å². The molecule has 1 aliphatic heterocycles. The van der Waals surface area contributed by atoms with E-state index in [0.29, 0.717) is 12.0 Å². The molecule has 4 rings (SSSR count). The van der Waals surface area contributed by atoms with E-state index in [0.717, 1.165) is 18.8 Å². The molecule has 2 fully saturated rings. The van der Waals surface area contributed by atoms with Crippen molar-refractivity contribution >= 4 is 27.6 Å². The first-order valence-electron chi connectivity index (χ1n) is 11.1. The van der Waals surface area contributed by atoms with E-state index in [-0.39, 0.29) is 6.03 Å². The molecule has 1 aromatic carbocycles. The topological polar surface area (TPSA) is 48.5 Å². The molecule has 1 N–H and O–H groups in total. The fourth-order valence-electron chi connectivity index (χ4n) is 4.89. The second-order valence-electron chi connectivity index (χ2n) is 9.03. The number of carbonyl (C=O) groups excluding carboxylic acids is 1. The van der Waals surface area contributed by atoms with Gasteiger partial charge in [-0.25, -0.2) is 4.79 Å². The zero-order chi connectivity index (χ0) is 20.2. The normalized spacial score (nSPS) is 23.9. The Morgan fingerprint density at radius 1 is 1.14 bits per heavy atom. The second kappa shape index (κ2) is 9.43. The molecule has 2 amide bonds. The van der Waals surface area contributed by atoms with Crippen molar-refractivity contribution in [2.75, 3.05) is 33.7 Å². The molecular formula is C23H34N4OS. The summed E-state index contributed by atoms with van der Waals surface area (Å²) in [7, 11) is 3.61.